The fourth-order valence-corrected chi connectivity index (χ4v) is 1.68. The summed E-state index contributed by atoms with van der Waals surface area (Å²) in [5, 5.41) is 9.07. The summed E-state index contributed by atoms with van der Waals surface area (Å²) < 4.78 is 40.3. The molecule has 4 nitrogen and oxygen atoms in total. The van der Waals surface area contributed by atoms with E-state index < -0.39 is 18.1 Å². The second-order valence-corrected chi connectivity index (χ2v) is 3.80. The van der Waals surface area contributed by atoms with Gasteiger partial charge in [0.25, 0.3) is 0 Å². The molecule has 20 heavy (non-hydrogen) atoms. The third kappa shape index (κ3) is 3.25. The third-order valence-corrected chi connectivity index (χ3v) is 2.45. The molecule has 0 radical (unpaired) electrons. The first-order chi connectivity index (χ1) is 9.37. The first-order valence-electron chi connectivity index (χ1n) is 5.40. The summed E-state index contributed by atoms with van der Waals surface area (Å²) in [5.74, 6) is -1.72. The quantitative estimate of drug-likeness (QED) is 0.938. The molecule has 0 spiro atoms. The molecule has 0 aliphatic carbocycles. The van der Waals surface area contributed by atoms with Crippen molar-refractivity contribution in [3.8, 4) is 16.9 Å². The Bertz CT molecular complexity index is 627. The number of rotatable bonds is 3. The van der Waals surface area contributed by atoms with Crippen LogP contribution in [0.1, 0.15) is 10.4 Å². The van der Waals surface area contributed by atoms with Gasteiger partial charge >= 0.3 is 12.3 Å². The number of pyridine rings is 1. The van der Waals surface area contributed by atoms with E-state index in [1.54, 1.807) is 0 Å². The smallest absolute Gasteiger partial charge is 0.478 e. The number of alkyl halides is 3. The van der Waals surface area contributed by atoms with E-state index in [1.165, 1.54) is 24.5 Å². The van der Waals surface area contributed by atoms with Gasteiger partial charge in [0, 0.05) is 12.4 Å². The zero-order valence-electron chi connectivity index (χ0n) is 9.89. The van der Waals surface area contributed by atoms with E-state index in [0.717, 1.165) is 18.2 Å². The highest BCUT2D eigenvalue weighted by molar-refractivity contribution is 5.96. The molecular weight excluding hydrogens is 275 g/mol. The fraction of sp³-hybridized carbons (Fsp3) is 0.0769. The molecule has 0 unspecified atom stereocenters. The molecule has 1 N–H and O–H groups in total. The lowest BCUT2D eigenvalue weighted by molar-refractivity contribution is -0.274. The fourth-order valence-electron chi connectivity index (χ4n) is 1.68. The van der Waals surface area contributed by atoms with E-state index in [2.05, 4.69) is 9.72 Å². The number of aromatic carboxylic acids is 1. The Balaban J connectivity index is 2.51. The summed E-state index contributed by atoms with van der Waals surface area (Å²) in [6.07, 6.45) is -2.00. The number of nitrogens with zero attached hydrogens (tertiary/aromatic N) is 1. The molecule has 0 fully saturated rings. The second-order valence-electron chi connectivity index (χ2n) is 3.80. The zero-order valence-corrected chi connectivity index (χ0v) is 9.89. The summed E-state index contributed by atoms with van der Waals surface area (Å²) in [5.41, 5.74) is 0.442. The molecule has 1 aromatic heterocycles. The number of carboxylic acids is 1. The minimum Gasteiger partial charge on any atom is -0.478 e. The Kier molecular flexibility index (Phi) is 3.60. The maximum atomic E-state index is 12.2. The van der Waals surface area contributed by atoms with Gasteiger partial charge in [-0.05, 0) is 41.5 Å². The normalized spacial score (nSPS) is 11.2. The van der Waals surface area contributed by atoms with E-state index in [0.29, 0.717) is 5.56 Å². The first kappa shape index (κ1) is 13.9. The van der Waals surface area contributed by atoms with E-state index >= 15 is 0 Å². The lowest BCUT2D eigenvalue weighted by Gasteiger charge is -2.12. The summed E-state index contributed by atoms with van der Waals surface area (Å²) in [6, 6.07) is 6.06. The number of halogens is 3. The summed E-state index contributed by atoms with van der Waals surface area (Å²) in [6.45, 7) is 0. The van der Waals surface area contributed by atoms with Gasteiger partial charge in [0.2, 0.25) is 0 Å². The molecule has 0 saturated heterocycles. The van der Waals surface area contributed by atoms with Crippen LogP contribution >= 0.6 is 0 Å². The van der Waals surface area contributed by atoms with Gasteiger partial charge in [0.05, 0.1) is 5.56 Å². The van der Waals surface area contributed by atoms with Crippen LogP contribution in [0.25, 0.3) is 11.1 Å². The van der Waals surface area contributed by atoms with Gasteiger partial charge in [-0.25, -0.2) is 4.79 Å². The molecule has 0 aliphatic heterocycles. The van der Waals surface area contributed by atoms with Gasteiger partial charge < -0.3 is 9.84 Å². The van der Waals surface area contributed by atoms with Crippen molar-refractivity contribution >= 4 is 5.97 Å². The van der Waals surface area contributed by atoms with Gasteiger partial charge in [0.1, 0.15) is 5.75 Å². The van der Waals surface area contributed by atoms with Crippen molar-refractivity contribution in [2.75, 3.05) is 0 Å². The largest absolute Gasteiger partial charge is 0.573 e. The predicted octanol–water partition coefficient (Wildman–Crippen LogP) is 3.35. The number of benzene rings is 1. The van der Waals surface area contributed by atoms with Crippen molar-refractivity contribution in [2.45, 2.75) is 6.36 Å². The standard InChI is InChI=1S/C13H8F3NO3/c14-13(15,16)20-9-1-2-10(12(18)19)11(7-9)8-3-5-17-6-4-8/h1-7H,(H,18,19). The Morgan fingerprint density at radius 3 is 2.35 bits per heavy atom. The van der Waals surface area contributed by atoms with Crippen LogP contribution in [0, 0.1) is 0 Å². The van der Waals surface area contributed by atoms with E-state index in [-0.39, 0.29) is 11.1 Å². The molecule has 1 aromatic carbocycles. The minimum atomic E-state index is -4.83. The highest BCUT2D eigenvalue weighted by Gasteiger charge is 2.31. The van der Waals surface area contributed by atoms with Crippen LogP contribution in [0.2, 0.25) is 0 Å². The molecule has 7 heteroatoms. The number of ether oxygens (including phenoxy) is 1. The predicted molar refractivity (Wildman–Crippen MR) is 63.3 cm³/mol. The van der Waals surface area contributed by atoms with Crippen molar-refractivity contribution in [3.63, 3.8) is 0 Å². The number of hydrogen-bond donors (Lipinski definition) is 1. The van der Waals surface area contributed by atoms with Crippen molar-refractivity contribution in [1.29, 1.82) is 0 Å². The molecule has 0 bridgehead atoms. The molecule has 0 amide bonds. The van der Waals surface area contributed by atoms with Gasteiger partial charge in [-0.15, -0.1) is 13.2 Å². The van der Waals surface area contributed by atoms with Crippen LogP contribution in [0.3, 0.4) is 0 Å². The van der Waals surface area contributed by atoms with E-state index in [4.69, 9.17) is 5.11 Å². The number of aromatic nitrogens is 1. The van der Waals surface area contributed by atoms with Gasteiger partial charge in [-0.1, -0.05) is 0 Å². The van der Waals surface area contributed by atoms with E-state index in [9.17, 15) is 18.0 Å². The lowest BCUT2D eigenvalue weighted by Crippen LogP contribution is -2.17. The van der Waals surface area contributed by atoms with Crippen LogP contribution in [0.15, 0.2) is 42.7 Å². The van der Waals surface area contributed by atoms with Gasteiger partial charge in [-0.2, -0.15) is 0 Å². The summed E-state index contributed by atoms with van der Waals surface area (Å²) >= 11 is 0. The van der Waals surface area contributed by atoms with Crippen LogP contribution in [-0.4, -0.2) is 22.4 Å². The lowest BCUT2D eigenvalue weighted by atomic mass is 10.0. The molecule has 0 saturated carbocycles. The number of hydrogen-bond acceptors (Lipinski definition) is 3. The highest BCUT2D eigenvalue weighted by Crippen LogP contribution is 2.30. The third-order valence-electron chi connectivity index (χ3n) is 2.45. The first-order valence-corrected chi connectivity index (χ1v) is 5.40. The van der Waals surface area contributed by atoms with Crippen molar-refractivity contribution in [1.82, 2.24) is 4.98 Å². The average Bonchev–Trinajstić information content (AvgIpc) is 2.37. The Morgan fingerprint density at radius 2 is 1.80 bits per heavy atom. The van der Waals surface area contributed by atoms with Crippen LogP contribution in [0.4, 0.5) is 13.2 Å². The molecule has 1 heterocycles. The highest BCUT2D eigenvalue weighted by atomic mass is 19.4. The average molecular weight is 283 g/mol. The second kappa shape index (κ2) is 5.20. The number of carbonyl (C=O) groups is 1. The van der Waals surface area contributed by atoms with Gasteiger partial charge in [0.15, 0.2) is 0 Å². The van der Waals surface area contributed by atoms with Gasteiger partial charge in [-0.3, -0.25) is 4.98 Å². The maximum Gasteiger partial charge on any atom is 0.573 e. The van der Waals surface area contributed by atoms with Crippen molar-refractivity contribution in [3.05, 3.63) is 48.3 Å². The summed E-state index contributed by atoms with van der Waals surface area (Å²) in [7, 11) is 0. The number of carboxylic acid groups (broad SMARTS) is 1. The molecule has 2 aromatic rings. The SMILES string of the molecule is O=C(O)c1ccc(OC(F)(F)F)cc1-c1ccncc1. The van der Waals surface area contributed by atoms with Crippen LogP contribution in [-0.2, 0) is 0 Å². The van der Waals surface area contributed by atoms with Crippen LogP contribution < -0.4 is 4.74 Å². The maximum absolute atomic E-state index is 12.2. The summed E-state index contributed by atoms with van der Waals surface area (Å²) in [4.78, 5) is 14.9. The Morgan fingerprint density at radius 1 is 1.15 bits per heavy atom. The molecule has 0 atom stereocenters. The molecular formula is C13H8F3NO3. The minimum absolute atomic E-state index is 0.120. The van der Waals surface area contributed by atoms with Crippen LogP contribution in [0.5, 0.6) is 5.75 Å². The Hall–Kier alpha value is -2.57. The molecule has 0 aliphatic rings. The Labute approximate surface area is 111 Å². The monoisotopic (exact) mass is 283 g/mol. The van der Waals surface area contributed by atoms with E-state index in [1.807, 2.05) is 0 Å². The van der Waals surface area contributed by atoms with Crippen molar-refractivity contribution < 1.29 is 27.8 Å². The molecule has 2 rings (SSSR count). The molecule has 104 valence electrons. The zero-order chi connectivity index (χ0) is 14.8. The van der Waals surface area contributed by atoms with Crippen molar-refractivity contribution in [2.24, 2.45) is 0 Å². The topological polar surface area (TPSA) is 59.4 Å².